The molecule has 1 saturated carbocycles. The quantitative estimate of drug-likeness (QED) is 0.133. The van der Waals surface area contributed by atoms with E-state index in [0.717, 1.165) is 22.3 Å². The molecule has 9 heteroatoms. The van der Waals surface area contributed by atoms with E-state index >= 15 is 0 Å². The molecule has 0 radical (unpaired) electrons. The van der Waals surface area contributed by atoms with Crippen LogP contribution in [0.1, 0.15) is 25.0 Å². The first-order chi connectivity index (χ1) is 21.7. The molecule has 1 heterocycles. The van der Waals surface area contributed by atoms with Gasteiger partial charge in [-0.1, -0.05) is 76.6 Å². The van der Waals surface area contributed by atoms with Crippen molar-refractivity contribution in [1.29, 1.82) is 0 Å². The molecule has 0 aromatic heterocycles. The lowest BCUT2D eigenvalue weighted by Gasteiger charge is -2.41. The molecule has 1 aliphatic heterocycles. The summed E-state index contributed by atoms with van der Waals surface area (Å²) in [6.07, 6.45) is 0. The number of hydrogen-bond donors (Lipinski definition) is 0. The average molecular weight is 675 g/mol. The van der Waals surface area contributed by atoms with Crippen LogP contribution in [-0.2, 0) is 28.6 Å². The van der Waals surface area contributed by atoms with Gasteiger partial charge >= 0.3 is 0 Å². The number of ketones is 1. The fourth-order valence-corrected chi connectivity index (χ4v) is 8.63. The number of carbonyl (C=O) groups excluding carboxylic acids is 3. The van der Waals surface area contributed by atoms with Crippen LogP contribution in [0.5, 0.6) is 5.75 Å². The first-order valence-corrected chi connectivity index (χ1v) is 15.9. The summed E-state index contributed by atoms with van der Waals surface area (Å²) in [6, 6.07) is 26.3. The number of amides is 2. The number of rotatable bonds is 13. The number of allylic oxidation sites excluding steroid dienone is 2. The van der Waals surface area contributed by atoms with E-state index in [1.807, 2.05) is 74.5 Å². The minimum atomic E-state index is -1.45. The summed E-state index contributed by atoms with van der Waals surface area (Å²) in [5, 5.41) is 0. The Hall–Kier alpha value is -3.63. The maximum atomic E-state index is 14.6. The molecule has 1 saturated heterocycles. The Morgan fingerprint density at radius 2 is 1.24 bits per heavy atom. The molecule has 3 aliphatic rings. The highest BCUT2D eigenvalue weighted by Gasteiger charge is 2.85. The first-order valence-electron chi connectivity index (χ1n) is 15.1. The summed E-state index contributed by atoms with van der Waals surface area (Å²) < 4.78 is 20.2. The van der Waals surface area contributed by atoms with Crippen molar-refractivity contribution in [3.8, 4) is 5.75 Å². The number of ether oxygens (including phenoxy) is 4. The van der Waals surface area contributed by atoms with Crippen molar-refractivity contribution in [1.82, 2.24) is 0 Å². The Balaban J connectivity index is 1.26. The Morgan fingerprint density at radius 1 is 0.711 bits per heavy atom. The lowest BCUT2D eigenvalue weighted by Crippen LogP contribution is -2.50. The Morgan fingerprint density at radius 3 is 1.82 bits per heavy atom. The van der Waals surface area contributed by atoms with Crippen LogP contribution in [0.15, 0.2) is 84.9 Å². The summed E-state index contributed by atoms with van der Waals surface area (Å²) in [7, 11) is 1.63. The minimum Gasteiger partial charge on any atom is -0.491 e. The Kier molecular flexibility index (Phi) is 8.56. The van der Waals surface area contributed by atoms with Gasteiger partial charge in [0, 0.05) is 7.11 Å². The second kappa shape index (κ2) is 12.3. The number of alkyl halides is 1. The normalized spacial score (nSPS) is 27.1. The fourth-order valence-electron chi connectivity index (χ4n) is 7.42. The van der Waals surface area contributed by atoms with E-state index in [-0.39, 0.29) is 5.78 Å². The van der Waals surface area contributed by atoms with Gasteiger partial charge in [-0.2, -0.15) is 0 Å². The summed E-state index contributed by atoms with van der Waals surface area (Å²) in [5.74, 6) is -1.30. The molecule has 3 aromatic carbocycles. The third-order valence-electron chi connectivity index (χ3n) is 9.40. The first kappa shape index (κ1) is 31.4. The number of benzene rings is 3. The maximum absolute atomic E-state index is 14.6. The predicted molar refractivity (Wildman–Crippen MR) is 174 cm³/mol. The van der Waals surface area contributed by atoms with Gasteiger partial charge in [0.25, 0.3) is 5.91 Å². The molecule has 3 aromatic rings. The van der Waals surface area contributed by atoms with Gasteiger partial charge in [0.1, 0.15) is 16.7 Å². The highest BCUT2D eigenvalue weighted by molar-refractivity contribution is 9.10. The highest BCUT2D eigenvalue weighted by atomic mass is 79.9. The zero-order valence-corrected chi connectivity index (χ0v) is 27.2. The molecule has 0 spiro atoms. The molecule has 2 amide bonds. The Bertz CT molecular complexity index is 1630. The lowest BCUT2D eigenvalue weighted by molar-refractivity contribution is -0.133. The number of nitrogens with zero attached hydrogens (tertiary/aromatic N) is 1. The number of Topliss-reactive ketones (excluding diaryl/α,β-unsaturated/α-hetero) is 1. The third-order valence-corrected chi connectivity index (χ3v) is 11.0. The zero-order valence-electron chi connectivity index (χ0n) is 25.6. The molecule has 0 N–H and O–H groups in total. The predicted octanol–water partition coefficient (Wildman–Crippen LogP) is 5.59. The van der Waals surface area contributed by atoms with Crippen LogP contribution >= 0.6 is 15.9 Å². The number of halogens is 1. The number of anilines is 1. The SMILES string of the molecule is COCCOCCOCCOc1ccc(N2C(=O)C3C4(C)C(=O)C(C)(C(c5ccccc5)=C4c4ccccc4)C3(Br)C2=O)cc1. The van der Waals surface area contributed by atoms with Crippen molar-refractivity contribution < 1.29 is 33.3 Å². The fraction of sp³-hybridized carbons (Fsp3) is 0.361. The van der Waals surface area contributed by atoms with E-state index in [9.17, 15) is 14.4 Å². The number of methoxy groups -OCH3 is 1. The van der Waals surface area contributed by atoms with Gasteiger partial charge in [-0.25, -0.2) is 4.90 Å². The van der Waals surface area contributed by atoms with Crippen LogP contribution < -0.4 is 9.64 Å². The van der Waals surface area contributed by atoms with Gasteiger partial charge in [0.05, 0.1) is 55.5 Å². The molecule has 6 rings (SSSR count). The van der Waals surface area contributed by atoms with E-state index in [4.69, 9.17) is 18.9 Å². The molecular weight excluding hydrogens is 638 g/mol. The minimum absolute atomic E-state index is 0.122. The molecule has 2 aliphatic carbocycles. The molecule has 234 valence electrons. The summed E-state index contributed by atoms with van der Waals surface area (Å²) in [4.78, 5) is 44.7. The monoisotopic (exact) mass is 673 g/mol. The Labute approximate surface area is 271 Å². The molecular formula is C36H36BrNO7. The van der Waals surface area contributed by atoms with Crippen LogP contribution in [0.2, 0.25) is 0 Å². The number of imide groups is 1. The maximum Gasteiger partial charge on any atom is 0.252 e. The average Bonchev–Trinajstić information content (AvgIpc) is 3.45. The van der Waals surface area contributed by atoms with Gasteiger partial charge < -0.3 is 18.9 Å². The molecule has 4 atom stereocenters. The van der Waals surface area contributed by atoms with E-state index in [1.54, 1.807) is 31.4 Å². The van der Waals surface area contributed by atoms with Gasteiger partial charge in [-0.15, -0.1) is 0 Å². The van der Waals surface area contributed by atoms with Gasteiger partial charge in [-0.05, 0) is 60.4 Å². The number of hydrogen-bond acceptors (Lipinski definition) is 7. The van der Waals surface area contributed by atoms with Crippen molar-refractivity contribution in [2.45, 2.75) is 18.2 Å². The lowest BCUT2D eigenvalue weighted by atomic mass is 9.63. The van der Waals surface area contributed by atoms with Crippen LogP contribution in [0.25, 0.3) is 11.1 Å². The second-order valence-electron chi connectivity index (χ2n) is 11.8. The van der Waals surface area contributed by atoms with Gasteiger partial charge in [-0.3, -0.25) is 14.4 Å². The standard InChI is InChI=1S/C36H36BrNO7/c1-34-28(24-10-6-4-7-11-24)29(25-12-8-5-9-13-25)35(2,32(34)40)36(37)30(34)31(39)38(33(36)41)26-14-16-27(17-15-26)45-23-22-44-21-20-43-19-18-42-3/h4-17,30H,18-23H2,1-3H3. The smallest absolute Gasteiger partial charge is 0.252 e. The molecule has 2 fully saturated rings. The molecule has 2 bridgehead atoms. The third kappa shape index (κ3) is 4.71. The van der Waals surface area contributed by atoms with Crippen molar-refractivity contribution in [3.63, 3.8) is 0 Å². The van der Waals surface area contributed by atoms with Crippen molar-refractivity contribution in [2.24, 2.45) is 16.7 Å². The van der Waals surface area contributed by atoms with Crippen LogP contribution in [0.4, 0.5) is 5.69 Å². The second-order valence-corrected chi connectivity index (χ2v) is 13.1. The topological polar surface area (TPSA) is 91.4 Å². The van der Waals surface area contributed by atoms with Gasteiger partial charge in [0.2, 0.25) is 5.91 Å². The largest absolute Gasteiger partial charge is 0.491 e. The van der Waals surface area contributed by atoms with Crippen LogP contribution in [0, 0.1) is 16.7 Å². The summed E-state index contributed by atoms with van der Waals surface area (Å²) >= 11 is 3.81. The van der Waals surface area contributed by atoms with Crippen LogP contribution in [-0.4, -0.2) is 68.7 Å². The summed E-state index contributed by atoms with van der Waals surface area (Å²) in [6.45, 7) is 6.37. The molecule has 8 nitrogen and oxygen atoms in total. The van der Waals surface area contributed by atoms with Crippen LogP contribution in [0.3, 0.4) is 0 Å². The number of carbonyl (C=O) groups is 3. The van der Waals surface area contributed by atoms with Crippen molar-refractivity contribution in [2.75, 3.05) is 51.7 Å². The van der Waals surface area contributed by atoms with Crippen molar-refractivity contribution in [3.05, 3.63) is 96.1 Å². The van der Waals surface area contributed by atoms with E-state index < -0.39 is 32.9 Å². The van der Waals surface area contributed by atoms with E-state index in [2.05, 4.69) is 15.9 Å². The summed E-state index contributed by atoms with van der Waals surface area (Å²) in [5.41, 5.74) is 1.21. The van der Waals surface area contributed by atoms with E-state index in [1.165, 1.54) is 4.90 Å². The molecule has 4 unspecified atom stereocenters. The highest BCUT2D eigenvalue weighted by Crippen LogP contribution is 2.77. The number of fused-ring (bicyclic) bond motifs is 5. The van der Waals surface area contributed by atoms with Crippen molar-refractivity contribution >= 4 is 50.4 Å². The molecule has 45 heavy (non-hydrogen) atoms. The zero-order chi connectivity index (χ0) is 31.8. The van der Waals surface area contributed by atoms with Gasteiger partial charge in [0.15, 0.2) is 5.78 Å². The van der Waals surface area contributed by atoms with E-state index in [0.29, 0.717) is 51.1 Å².